The number of nitrogens with zero attached hydrogens (tertiary/aromatic N) is 4. The van der Waals surface area contributed by atoms with E-state index in [2.05, 4.69) is 24.9 Å². The van der Waals surface area contributed by atoms with Crippen LogP contribution in [0.2, 0.25) is 0 Å². The summed E-state index contributed by atoms with van der Waals surface area (Å²) in [6.45, 7) is 3.40. The van der Waals surface area contributed by atoms with E-state index in [0.29, 0.717) is 18.2 Å². The molecule has 0 saturated heterocycles. The maximum absolute atomic E-state index is 11.7. The molecule has 0 aromatic carbocycles. The van der Waals surface area contributed by atoms with Gasteiger partial charge in [-0.3, -0.25) is 8.97 Å². The van der Waals surface area contributed by atoms with Crippen LogP contribution in [0.1, 0.15) is 19.0 Å². The van der Waals surface area contributed by atoms with Crippen molar-refractivity contribution >= 4 is 28.1 Å². The quantitative estimate of drug-likeness (QED) is 0.719. The molecule has 0 radical (unpaired) electrons. The Balaban J connectivity index is 1.99. The third kappa shape index (κ3) is 2.63. The SMILES string of the molecule is CCCn1c(Sc2nc3sccn3c2CNC)n[nH]c1=O. The maximum atomic E-state index is 11.7. The van der Waals surface area contributed by atoms with Crippen molar-refractivity contribution in [3.05, 3.63) is 27.8 Å². The van der Waals surface area contributed by atoms with Crippen LogP contribution in [0, 0.1) is 0 Å². The molecule has 0 saturated carbocycles. The van der Waals surface area contributed by atoms with Crippen molar-refractivity contribution in [2.45, 2.75) is 36.6 Å². The van der Waals surface area contributed by atoms with Crippen molar-refractivity contribution in [1.82, 2.24) is 29.5 Å². The van der Waals surface area contributed by atoms with Crippen molar-refractivity contribution in [2.24, 2.45) is 0 Å². The van der Waals surface area contributed by atoms with Crippen LogP contribution in [-0.4, -0.2) is 31.2 Å². The van der Waals surface area contributed by atoms with E-state index in [1.54, 1.807) is 15.9 Å². The standard InChI is InChI=1S/C12H16N6OS2/c1-3-4-18-10(19)15-16-12(18)21-9-8(7-13-2)17-5-6-20-11(17)14-9/h5-6,13H,3-4,7H2,1-2H3,(H,15,19). The van der Waals surface area contributed by atoms with Crippen LogP contribution in [0.4, 0.5) is 0 Å². The van der Waals surface area contributed by atoms with Gasteiger partial charge in [0.05, 0.1) is 5.69 Å². The van der Waals surface area contributed by atoms with Gasteiger partial charge in [-0.1, -0.05) is 6.92 Å². The molecule has 0 aliphatic carbocycles. The number of imidazole rings is 1. The minimum absolute atomic E-state index is 0.171. The lowest BCUT2D eigenvalue weighted by Crippen LogP contribution is -2.17. The topological polar surface area (TPSA) is 80.0 Å². The van der Waals surface area contributed by atoms with Gasteiger partial charge in [0, 0.05) is 24.7 Å². The van der Waals surface area contributed by atoms with Crippen LogP contribution < -0.4 is 11.0 Å². The highest BCUT2D eigenvalue weighted by Gasteiger charge is 2.17. The highest BCUT2D eigenvalue weighted by atomic mass is 32.2. The second kappa shape index (κ2) is 6.04. The lowest BCUT2D eigenvalue weighted by molar-refractivity contribution is 0.603. The molecule has 3 aromatic rings. The van der Waals surface area contributed by atoms with Crippen LogP contribution >= 0.6 is 23.1 Å². The highest BCUT2D eigenvalue weighted by molar-refractivity contribution is 7.99. The van der Waals surface area contributed by atoms with E-state index in [1.807, 2.05) is 25.5 Å². The second-order valence-electron chi connectivity index (χ2n) is 4.51. The van der Waals surface area contributed by atoms with Crippen molar-refractivity contribution in [3.8, 4) is 0 Å². The molecule has 2 N–H and O–H groups in total. The van der Waals surface area contributed by atoms with E-state index in [-0.39, 0.29) is 5.69 Å². The fourth-order valence-corrected chi connectivity index (χ4v) is 3.87. The molecule has 0 aliphatic rings. The van der Waals surface area contributed by atoms with Gasteiger partial charge in [-0.15, -0.1) is 16.4 Å². The Labute approximate surface area is 129 Å². The van der Waals surface area contributed by atoms with E-state index < -0.39 is 0 Å². The zero-order chi connectivity index (χ0) is 14.8. The van der Waals surface area contributed by atoms with E-state index in [0.717, 1.165) is 22.1 Å². The van der Waals surface area contributed by atoms with Gasteiger partial charge in [0.25, 0.3) is 0 Å². The fraction of sp³-hybridized carbons (Fsp3) is 0.417. The summed E-state index contributed by atoms with van der Waals surface area (Å²) in [5.41, 5.74) is 0.910. The summed E-state index contributed by atoms with van der Waals surface area (Å²) in [6.07, 6.45) is 2.89. The number of aromatic amines is 1. The third-order valence-electron chi connectivity index (χ3n) is 3.03. The number of H-pyrrole nitrogens is 1. The van der Waals surface area contributed by atoms with Crippen molar-refractivity contribution < 1.29 is 0 Å². The van der Waals surface area contributed by atoms with Gasteiger partial charge in [-0.05, 0) is 25.2 Å². The zero-order valence-corrected chi connectivity index (χ0v) is 13.4. The average Bonchev–Trinajstić information content (AvgIpc) is 3.12. The number of aromatic nitrogens is 5. The predicted molar refractivity (Wildman–Crippen MR) is 83.1 cm³/mol. The minimum Gasteiger partial charge on any atom is -0.314 e. The summed E-state index contributed by atoms with van der Waals surface area (Å²) in [5.74, 6) is 0. The summed E-state index contributed by atoms with van der Waals surface area (Å²) < 4.78 is 3.72. The molecule has 0 spiro atoms. The Bertz CT molecular complexity index is 798. The summed E-state index contributed by atoms with van der Waals surface area (Å²) in [5, 5.41) is 13.3. The van der Waals surface area contributed by atoms with E-state index in [9.17, 15) is 4.79 Å². The molecule has 0 atom stereocenters. The Morgan fingerprint density at radius 3 is 3.14 bits per heavy atom. The first kappa shape index (κ1) is 14.4. The van der Waals surface area contributed by atoms with E-state index in [1.165, 1.54) is 11.8 Å². The number of fused-ring (bicyclic) bond motifs is 1. The first-order valence-electron chi connectivity index (χ1n) is 6.66. The Hall–Kier alpha value is -1.58. The molecule has 0 unspecified atom stereocenters. The van der Waals surface area contributed by atoms with Crippen LogP contribution in [0.15, 0.2) is 26.6 Å². The van der Waals surface area contributed by atoms with Crippen molar-refractivity contribution in [1.29, 1.82) is 0 Å². The maximum Gasteiger partial charge on any atom is 0.343 e. The number of thiazole rings is 1. The normalized spacial score (nSPS) is 11.5. The van der Waals surface area contributed by atoms with Gasteiger partial charge in [-0.25, -0.2) is 14.9 Å². The number of rotatable bonds is 6. The van der Waals surface area contributed by atoms with Gasteiger partial charge in [0.2, 0.25) is 0 Å². The van der Waals surface area contributed by atoms with Crippen LogP contribution in [0.25, 0.3) is 4.96 Å². The van der Waals surface area contributed by atoms with E-state index in [4.69, 9.17) is 0 Å². The van der Waals surface area contributed by atoms with Gasteiger partial charge in [0.15, 0.2) is 10.1 Å². The molecule has 7 nitrogen and oxygen atoms in total. The minimum atomic E-state index is -0.171. The number of hydrogen-bond acceptors (Lipinski definition) is 6. The molecule has 3 aromatic heterocycles. The third-order valence-corrected chi connectivity index (χ3v) is 4.80. The van der Waals surface area contributed by atoms with Crippen molar-refractivity contribution in [3.63, 3.8) is 0 Å². The summed E-state index contributed by atoms with van der Waals surface area (Å²) in [7, 11) is 1.90. The van der Waals surface area contributed by atoms with Gasteiger partial charge < -0.3 is 5.32 Å². The smallest absolute Gasteiger partial charge is 0.314 e. The molecular formula is C12H16N6OS2. The first-order valence-corrected chi connectivity index (χ1v) is 8.36. The summed E-state index contributed by atoms with van der Waals surface area (Å²) in [6, 6.07) is 0. The molecule has 0 amide bonds. The molecule has 0 bridgehead atoms. The lowest BCUT2D eigenvalue weighted by Gasteiger charge is -2.04. The largest absolute Gasteiger partial charge is 0.343 e. The Morgan fingerprint density at radius 1 is 1.52 bits per heavy atom. The zero-order valence-electron chi connectivity index (χ0n) is 11.8. The summed E-state index contributed by atoms with van der Waals surface area (Å²) in [4.78, 5) is 17.3. The number of hydrogen-bond donors (Lipinski definition) is 2. The first-order chi connectivity index (χ1) is 10.2. The Morgan fingerprint density at radius 2 is 2.38 bits per heavy atom. The molecule has 3 rings (SSSR count). The molecule has 3 heterocycles. The van der Waals surface area contributed by atoms with Crippen LogP contribution in [0.5, 0.6) is 0 Å². The van der Waals surface area contributed by atoms with Crippen LogP contribution in [0.3, 0.4) is 0 Å². The Kier molecular flexibility index (Phi) is 4.13. The molecule has 112 valence electrons. The monoisotopic (exact) mass is 324 g/mol. The lowest BCUT2D eigenvalue weighted by atomic mass is 10.5. The van der Waals surface area contributed by atoms with Gasteiger partial charge in [-0.2, -0.15) is 0 Å². The second-order valence-corrected chi connectivity index (χ2v) is 6.34. The average molecular weight is 324 g/mol. The van der Waals surface area contributed by atoms with E-state index >= 15 is 0 Å². The predicted octanol–water partition coefficient (Wildman–Crippen LogP) is 1.56. The molecule has 21 heavy (non-hydrogen) atoms. The van der Waals surface area contributed by atoms with Gasteiger partial charge in [0.1, 0.15) is 5.03 Å². The molecule has 0 aliphatic heterocycles. The fourth-order valence-electron chi connectivity index (χ4n) is 2.11. The molecule has 9 heteroatoms. The highest BCUT2D eigenvalue weighted by Crippen LogP contribution is 2.30. The van der Waals surface area contributed by atoms with Crippen molar-refractivity contribution in [2.75, 3.05) is 7.05 Å². The molecule has 0 fully saturated rings. The van der Waals surface area contributed by atoms with Crippen LogP contribution in [-0.2, 0) is 13.1 Å². The number of nitrogens with one attached hydrogen (secondary N) is 2. The summed E-state index contributed by atoms with van der Waals surface area (Å²) >= 11 is 3.02. The molecular weight excluding hydrogens is 308 g/mol. The van der Waals surface area contributed by atoms with Gasteiger partial charge >= 0.3 is 5.69 Å².